The molecule has 2 aliphatic rings. The second-order valence-electron chi connectivity index (χ2n) is 8.31. The van der Waals surface area contributed by atoms with E-state index >= 15 is 0 Å². The Bertz CT molecular complexity index is 917. The Balaban J connectivity index is 1.19. The summed E-state index contributed by atoms with van der Waals surface area (Å²) in [5, 5.41) is 0. The van der Waals surface area contributed by atoms with E-state index in [2.05, 4.69) is 77.9 Å². The Morgan fingerprint density at radius 1 is 0.833 bits per heavy atom. The summed E-state index contributed by atoms with van der Waals surface area (Å²) in [6.07, 6.45) is 8.25. The van der Waals surface area contributed by atoms with Gasteiger partial charge in [0.05, 0.1) is 0 Å². The molecule has 1 unspecified atom stereocenters. The summed E-state index contributed by atoms with van der Waals surface area (Å²) in [6, 6.07) is 17.6. The Kier molecular flexibility index (Phi) is 5.77. The average Bonchev–Trinajstić information content (AvgIpc) is 3.29. The highest BCUT2D eigenvalue weighted by Gasteiger charge is 2.28. The van der Waals surface area contributed by atoms with Crippen molar-refractivity contribution in [2.45, 2.75) is 25.4 Å². The molecular weight excluding hydrogens is 372 g/mol. The highest BCUT2D eigenvalue weighted by molar-refractivity contribution is 5.46. The van der Waals surface area contributed by atoms with Crippen LogP contribution in [-0.4, -0.2) is 69.6 Å². The van der Waals surface area contributed by atoms with Crippen molar-refractivity contribution < 1.29 is 0 Å². The SMILES string of the molecule is c1ccc(N2CCN(C3CCCN(Cc4cccn4-c4ncccn4)C3)CC2)cc1. The van der Waals surface area contributed by atoms with Crippen molar-refractivity contribution in [3.05, 3.63) is 72.8 Å². The summed E-state index contributed by atoms with van der Waals surface area (Å²) in [5.41, 5.74) is 2.61. The second-order valence-corrected chi connectivity index (χ2v) is 8.31. The number of aromatic nitrogens is 3. The van der Waals surface area contributed by atoms with Gasteiger partial charge in [-0.05, 0) is 49.7 Å². The molecule has 6 heteroatoms. The van der Waals surface area contributed by atoms with Gasteiger partial charge in [0, 0.05) is 75.3 Å². The first kappa shape index (κ1) is 19.3. The quantitative estimate of drug-likeness (QED) is 0.656. The summed E-state index contributed by atoms with van der Waals surface area (Å²) < 4.78 is 2.11. The van der Waals surface area contributed by atoms with Crippen molar-refractivity contribution >= 4 is 5.69 Å². The van der Waals surface area contributed by atoms with E-state index in [0.29, 0.717) is 6.04 Å². The number of anilines is 1. The molecule has 2 saturated heterocycles. The van der Waals surface area contributed by atoms with Gasteiger partial charge >= 0.3 is 0 Å². The van der Waals surface area contributed by atoms with Gasteiger partial charge in [0.25, 0.3) is 0 Å². The van der Waals surface area contributed by atoms with E-state index < -0.39 is 0 Å². The predicted molar refractivity (Wildman–Crippen MR) is 120 cm³/mol. The van der Waals surface area contributed by atoms with Crippen molar-refractivity contribution in [2.75, 3.05) is 44.2 Å². The van der Waals surface area contributed by atoms with Crippen LogP contribution in [-0.2, 0) is 6.54 Å². The Morgan fingerprint density at radius 3 is 2.43 bits per heavy atom. The van der Waals surface area contributed by atoms with E-state index in [4.69, 9.17) is 0 Å². The van der Waals surface area contributed by atoms with Gasteiger partial charge in [-0.15, -0.1) is 0 Å². The Labute approximate surface area is 178 Å². The third kappa shape index (κ3) is 4.25. The molecule has 0 N–H and O–H groups in total. The first-order chi connectivity index (χ1) is 14.9. The lowest BCUT2D eigenvalue weighted by atomic mass is 10.0. The molecule has 0 radical (unpaired) electrons. The molecule has 1 aromatic carbocycles. The molecule has 0 aliphatic carbocycles. The van der Waals surface area contributed by atoms with E-state index in [1.165, 1.54) is 30.8 Å². The molecule has 5 rings (SSSR count). The van der Waals surface area contributed by atoms with Crippen LogP contribution in [0.15, 0.2) is 67.1 Å². The largest absolute Gasteiger partial charge is 0.369 e. The Morgan fingerprint density at radius 2 is 1.63 bits per heavy atom. The molecule has 3 aromatic rings. The van der Waals surface area contributed by atoms with Crippen LogP contribution in [0.5, 0.6) is 0 Å². The van der Waals surface area contributed by atoms with Crippen molar-refractivity contribution in [2.24, 2.45) is 0 Å². The molecule has 2 aliphatic heterocycles. The van der Waals surface area contributed by atoms with Gasteiger partial charge in [0.1, 0.15) is 0 Å². The zero-order valence-electron chi connectivity index (χ0n) is 17.5. The number of piperazine rings is 1. The first-order valence-electron chi connectivity index (χ1n) is 11.1. The molecule has 30 heavy (non-hydrogen) atoms. The third-order valence-electron chi connectivity index (χ3n) is 6.42. The number of hydrogen-bond acceptors (Lipinski definition) is 5. The van der Waals surface area contributed by atoms with Crippen LogP contribution in [0.4, 0.5) is 5.69 Å². The van der Waals surface area contributed by atoms with E-state index in [9.17, 15) is 0 Å². The normalized spacial score (nSPS) is 21.1. The van der Waals surface area contributed by atoms with Crippen LogP contribution in [0.2, 0.25) is 0 Å². The summed E-state index contributed by atoms with van der Waals surface area (Å²) in [4.78, 5) is 16.7. The predicted octanol–water partition coefficient (Wildman–Crippen LogP) is 3.05. The summed E-state index contributed by atoms with van der Waals surface area (Å²) in [5.74, 6) is 0.753. The van der Waals surface area contributed by atoms with E-state index in [1.54, 1.807) is 12.4 Å². The monoisotopic (exact) mass is 402 g/mol. The number of piperidine rings is 1. The summed E-state index contributed by atoms with van der Waals surface area (Å²) >= 11 is 0. The summed E-state index contributed by atoms with van der Waals surface area (Å²) in [6.45, 7) is 7.81. The van der Waals surface area contributed by atoms with E-state index in [0.717, 1.165) is 45.2 Å². The second kappa shape index (κ2) is 8.98. The van der Waals surface area contributed by atoms with Gasteiger partial charge < -0.3 is 4.90 Å². The van der Waals surface area contributed by atoms with Crippen LogP contribution in [0.1, 0.15) is 18.5 Å². The van der Waals surface area contributed by atoms with Crippen LogP contribution in [0.25, 0.3) is 5.95 Å². The number of rotatable bonds is 5. The standard InChI is InChI=1S/C24H30N6/c1-2-7-21(8-3-1)28-15-17-29(18-16-28)22-9-4-13-27(19-22)20-23-10-5-14-30(23)24-25-11-6-12-26-24/h1-3,5-8,10-12,14,22H,4,9,13,15-20H2. The third-order valence-corrected chi connectivity index (χ3v) is 6.42. The van der Waals surface area contributed by atoms with Gasteiger partial charge in [-0.2, -0.15) is 0 Å². The molecule has 6 nitrogen and oxygen atoms in total. The van der Waals surface area contributed by atoms with Crippen molar-refractivity contribution in [3.8, 4) is 5.95 Å². The van der Waals surface area contributed by atoms with Crippen molar-refractivity contribution in [1.29, 1.82) is 0 Å². The minimum absolute atomic E-state index is 0.660. The van der Waals surface area contributed by atoms with Gasteiger partial charge in [0.15, 0.2) is 0 Å². The minimum atomic E-state index is 0.660. The molecular formula is C24H30N6. The topological polar surface area (TPSA) is 40.4 Å². The van der Waals surface area contributed by atoms with Crippen LogP contribution >= 0.6 is 0 Å². The highest BCUT2D eigenvalue weighted by Crippen LogP contribution is 2.22. The molecule has 0 spiro atoms. The molecule has 0 saturated carbocycles. The van der Waals surface area contributed by atoms with Crippen molar-refractivity contribution in [1.82, 2.24) is 24.3 Å². The molecule has 4 heterocycles. The number of benzene rings is 1. The molecule has 1 atom stereocenters. The molecule has 156 valence electrons. The highest BCUT2D eigenvalue weighted by atomic mass is 15.3. The van der Waals surface area contributed by atoms with Crippen LogP contribution < -0.4 is 4.90 Å². The molecule has 2 aromatic heterocycles. The maximum atomic E-state index is 4.42. The van der Waals surface area contributed by atoms with E-state index in [-0.39, 0.29) is 0 Å². The van der Waals surface area contributed by atoms with Gasteiger partial charge in [-0.3, -0.25) is 14.4 Å². The van der Waals surface area contributed by atoms with Crippen LogP contribution in [0, 0.1) is 0 Å². The average molecular weight is 403 g/mol. The lowest BCUT2D eigenvalue weighted by Gasteiger charge is -2.44. The van der Waals surface area contributed by atoms with Gasteiger partial charge in [-0.1, -0.05) is 18.2 Å². The first-order valence-corrected chi connectivity index (χ1v) is 11.1. The smallest absolute Gasteiger partial charge is 0.233 e. The molecule has 0 amide bonds. The fourth-order valence-electron chi connectivity index (χ4n) is 4.84. The number of hydrogen-bond donors (Lipinski definition) is 0. The minimum Gasteiger partial charge on any atom is -0.369 e. The lowest BCUT2D eigenvalue weighted by molar-refractivity contribution is 0.0878. The van der Waals surface area contributed by atoms with E-state index in [1.807, 2.05) is 6.07 Å². The van der Waals surface area contributed by atoms with Crippen molar-refractivity contribution in [3.63, 3.8) is 0 Å². The zero-order chi connectivity index (χ0) is 20.2. The number of likely N-dealkylation sites (tertiary alicyclic amines) is 1. The molecule has 0 bridgehead atoms. The molecule has 2 fully saturated rings. The lowest BCUT2D eigenvalue weighted by Crippen LogP contribution is -2.55. The van der Waals surface area contributed by atoms with Crippen LogP contribution in [0.3, 0.4) is 0 Å². The van der Waals surface area contributed by atoms with Gasteiger partial charge in [0.2, 0.25) is 5.95 Å². The number of nitrogens with zero attached hydrogens (tertiary/aromatic N) is 6. The Hall–Kier alpha value is -2.70. The summed E-state index contributed by atoms with van der Waals surface area (Å²) in [7, 11) is 0. The van der Waals surface area contributed by atoms with Gasteiger partial charge in [-0.25, -0.2) is 9.97 Å². The maximum absolute atomic E-state index is 4.42. The fraction of sp³-hybridized carbons (Fsp3) is 0.417. The number of para-hydroxylation sites is 1. The maximum Gasteiger partial charge on any atom is 0.233 e. The zero-order valence-corrected chi connectivity index (χ0v) is 17.5. The fourth-order valence-corrected chi connectivity index (χ4v) is 4.84.